The Morgan fingerprint density at radius 1 is 1.12 bits per heavy atom. The molecule has 1 amide bonds. The molecule has 1 aromatic heterocycles. The van der Waals surface area contributed by atoms with E-state index in [1.54, 1.807) is 43.5 Å². The topological polar surface area (TPSA) is 46.9 Å². The lowest BCUT2D eigenvalue weighted by Gasteiger charge is -2.13. The van der Waals surface area contributed by atoms with E-state index >= 15 is 0 Å². The molecule has 0 aliphatic carbocycles. The van der Waals surface area contributed by atoms with Crippen molar-refractivity contribution < 1.29 is 18.0 Å². The standard InChI is InChI=1S/C18H14F3N3O/c1-12-10-24(11-22-12)16-8-14(18(19,20)21)7-15(9-16)23-17(25)13-5-3-2-4-6-13/h2-11H,1H3,(H,23,25). The molecule has 2 aromatic carbocycles. The van der Waals surface area contributed by atoms with E-state index in [2.05, 4.69) is 10.3 Å². The fourth-order valence-corrected chi connectivity index (χ4v) is 2.35. The van der Waals surface area contributed by atoms with Crippen LogP contribution < -0.4 is 5.32 Å². The first-order valence-electron chi connectivity index (χ1n) is 7.42. The average Bonchev–Trinajstić information content (AvgIpc) is 3.01. The number of aromatic nitrogens is 2. The Bertz CT molecular complexity index is 901. The zero-order chi connectivity index (χ0) is 18.0. The van der Waals surface area contributed by atoms with E-state index in [-0.39, 0.29) is 11.4 Å². The zero-order valence-electron chi connectivity index (χ0n) is 13.2. The van der Waals surface area contributed by atoms with Crippen LogP contribution in [0.15, 0.2) is 61.1 Å². The Morgan fingerprint density at radius 2 is 1.84 bits per heavy atom. The van der Waals surface area contributed by atoms with Crippen molar-refractivity contribution in [2.24, 2.45) is 0 Å². The van der Waals surface area contributed by atoms with Gasteiger partial charge >= 0.3 is 6.18 Å². The largest absolute Gasteiger partial charge is 0.416 e. The second kappa shape index (κ2) is 6.43. The molecule has 0 aliphatic heterocycles. The predicted molar refractivity (Wildman–Crippen MR) is 87.7 cm³/mol. The quantitative estimate of drug-likeness (QED) is 0.762. The molecule has 128 valence electrons. The van der Waals surface area contributed by atoms with E-state index in [1.807, 2.05) is 0 Å². The van der Waals surface area contributed by atoms with E-state index in [1.165, 1.54) is 17.0 Å². The van der Waals surface area contributed by atoms with Gasteiger partial charge in [0.2, 0.25) is 0 Å². The number of aryl methyl sites for hydroxylation is 1. The highest BCUT2D eigenvalue weighted by molar-refractivity contribution is 6.04. The van der Waals surface area contributed by atoms with Crippen molar-refractivity contribution in [3.05, 3.63) is 77.9 Å². The number of hydrogen-bond acceptors (Lipinski definition) is 2. The number of amides is 1. The highest BCUT2D eigenvalue weighted by Gasteiger charge is 2.31. The Kier molecular flexibility index (Phi) is 4.31. The summed E-state index contributed by atoms with van der Waals surface area (Å²) >= 11 is 0. The number of halogens is 3. The maximum atomic E-state index is 13.2. The van der Waals surface area contributed by atoms with Gasteiger partial charge in [0.05, 0.1) is 17.6 Å². The van der Waals surface area contributed by atoms with Gasteiger partial charge in [-0.3, -0.25) is 4.79 Å². The van der Waals surface area contributed by atoms with Gasteiger partial charge in [0, 0.05) is 23.1 Å². The van der Waals surface area contributed by atoms with E-state index in [0.717, 1.165) is 12.1 Å². The molecular weight excluding hydrogens is 331 g/mol. The van der Waals surface area contributed by atoms with Crippen LogP contribution in [0, 0.1) is 6.92 Å². The average molecular weight is 345 g/mol. The van der Waals surface area contributed by atoms with Gasteiger partial charge < -0.3 is 9.88 Å². The summed E-state index contributed by atoms with van der Waals surface area (Å²) in [7, 11) is 0. The number of nitrogens with zero attached hydrogens (tertiary/aromatic N) is 2. The fraction of sp³-hybridized carbons (Fsp3) is 0.111. The van der Waals surface area contributed by atoms with E-state index in [9.17, 15) is 18.0 Å². The third kappa shape index (κ3) is 3.88. The molecule has 4 nitrogen and oxygen atoms in total. The number of benzene rings is 2. The first kappa shape index (κ1) is 16.8. The predicted octanol–water partition coefficient (Wildman–Crippen LogP) is 4.45. The van der Waals surface area contributed by atoms with Crippen molar-refractivity contribution in [3.63, 3.8) is 0 Å². The van der Waals surface area contributed by atoms with Crippen LogP contribution in [0.25, 0.3) is 5.69 Å². The Hall–Kier alpha value is -3.09. The van der Waals surface area contributed by atoms with Gasteiger partial charge in [0.25, 0.3) is 5.91 Å². The summed E-state index contributed by atoms with van der Waals surface area (Å²) in [5.41, 5.74) is 0.510. The number of anilines is 1. The summed E-state index contributed by atoms with van der Waals surface area (Å²) < 4.78 is 41.0. The highest BCUT2D eigenvalue weighted by Crippen LogP contribution is 2.33. The van der Waals surface area contributed by atoms with Gasteiger partial charge in [-0.2, -0.15) is 13.2 Å². The van der Waals surface area contributed by atoms with Crippen molar-refractivity contribution in [3.8, 4) is 5.69 Å². The molecule has 0 fully saturated rings. The van der Waals surface area contributed by atoms with Crippen LogP contribution in [-0.4, -0.2) is 15.5 Å². The molecule has 1 N–H and O–H groups in total. The van der Waals surface area contributed by atoms with Crippen molar-refractivity contribution in [1.82, 2.24) is 9.55 Å². The number of alkyl halides is 3. The first-order valence-corrected chi connectivity index (χ1v) is 7.42. The van der Waals surface area contributed by atoms with Gasteiger partial charge in [0.15, 0.2) is 0 Å². The van der Waals surface area contributed by atoms with E-state index in [0.29, 0.717) is 11.3 Å². The molecule has 1 heterocycles. The summed E-state index contributed by atoms with van der Waals surface area (Å²) in [6.45, 7) is 1.74. The monoisotopic (exact) mass is 345 g/mol. The third-order valence-electron chi connectivity index (χ3n) is 3.55. The normalized spacial score (nSPS) is 11.4. The van der Waals surface area contributed by atoms with Gasteiger partial charge in [-0.15, -0.1) is 0 Å². The van der Waals surface area contributed by atoms with Crippen molar-refractivity contribution in [1.29, 1.82) is 0 Å². The Balaban J connectivity index is 1.99. The fourth-order valence-electron chi connectivity index (χ4n) is 2.35. The van der Waals surface area contributed by atoms with Crippen LogP contribution in [0.1, 0.15) is 21.6 Å². The molecule has 0 spiro atoms. The van der Waals surface area contributed by atoms with Crippen LogP contribution >= 0.6 is 0 Å². The second-order valence-electron chi connectivity index (χ2n) is 5.51. The van der Waals surface area contributed by atoms with Crippen LogP contribution in [0.2, 0.25) is 0 Å². The molecule has 3 rings (SSSR count). The van der Waals surface area contributed by atoms with Crippen LogP contribution in [0.4, 0.5) is 18.9 Å². The van der Waals surface area contributed by atoms with Crippen LogP contribution in [0.3, 0.4) is 0 Å². The summed E-state index contributed by atoms with van der Waals surface area (Å²) in [5.74, 6) is -0.479. The number of imidazole rings is 1. The number of rotatable bonds is 3. The molecule has 0 atom stereocenters. The molecule has 0 unspecified atom stereocenters. The van der Waals surface area contributed by atoms with E-state index < -0.39 is 17.6 Å². The van der Waals surface area contributed by atoms with Gasteiger partial charge in [-0.25, -0.2) is 4.98 Å². The van der Waals surface area contributed by atoms with Crippen molar-refractivity contribution in [2.75, 3.05) is 5.32 Å². The second-order valence-corrected chi connectivity index (χ2v) is 5.51. The number of carbonyl (C=O) groups is 1. The maximum Gasteiger partial charge on any atom is 0.416 e. The van der Waals surface area contributed by atoms with Crippen LogP contribution in [0.5, 0.6) is 0 Å². The molecule has 0 aliphatic rings. The van der Waals surface area contributed by atoms with Gasteiger partial charge in [-0.05, 0) is 37.3 Å². The number of nitrogens with one attached hydrogen (secondary N) is 1. The molecule has 0 bridgehead atoms. The summed E-state index contributed by atoms with van der Waals surface area (Å²) in [6.07, 6.45) is -1.50. The SMILES string of the molecule is Cc1cn(-c2cc(NC(=O)c3ccccc3)cc(C(F)(F)F)c2)cn1. The third-order valence-corrected chi connectivity index (χ3v) is 3.55. The minimum atomic E-state index is -4.53. The highest BCUT2D eigenvalue weighted by atomic mass is 19.4. The van der Waals surface area contributed by atoms with E-state index in [4.69, 9.17) is 0 Å². The maximum absolute atomic E-state index is 13.2. The smallest absolute Gasteiger partial charge is 0.322 e. The van der Waals surface area contributed by atoms with Crippen LogP contribution in [-0.2, 0) is 6.18 Å². The number of hydrogen-bond donors (Lipinski definition) is 1. The van der Waals surface area contributed by atoms with Gasteiger partial charge in [-0.1, -0.05) is 18.2 Å². The number of carbonyl (C=O) groups excluding carboxylic acids is 1. The minimum Gasteiger partial charge on any atom is -0.322 e. The molecule has 25 heavy (non-hydrogen) atoms. The molecule has 0 saturated carbocycles. The zero-order valence-corrected chi connectivity index (χ0v) is 13.2. The molecule has 0 radical (unpaired) electrons. The van der Waals surface area contributed by atoms with Crippen molar-refractivity contribution >= 4 is 11.6 Å². The lowest BCUT2D eigenvalue weighted by Crippen LogP contribution is -2.14. The Labute approximate surface area is 141 Å². The summed E-state index contributed by atoms with van der Waals surface area (Å²) in [5, 5.41) is 2.51. The Morgan fingerprint density at radius 3 is 2.44 bits per heavy atom. The minimum absolute atomic E-state index is 0.0602. The molecule has 3 aromatic rings. The van der Waals surface area contributed by atoms with Crippen molar-refractivity contribution in [2.45, 2.75) is 13.1 Å². The lowest BCUT2D eigenvalue weighted by molar-refractivity contribution is -0.137. The molecule has 7 heteroatoms. The summed E-state index contributed by atoms with van der Waals surface area (Å²) in [6, 6.07) is 11.7. The first-order chi connectivity index (χ1) is 11.8. The molecule has 0 saturated heterocycles. The summed E-state index contributed by atoms with van der Waals surface area (Å²) in [4.78, 5) is 16.2. The van der Waals surface area contributed by atoms with Gasteiger partial charge in [0.1, 0.15) is 0 Å². The molecular formula is C18H14F3N3O. The lowest BCUT2D eigenvalue weighted by atomic mass is 10.1.